The van der Waals surface area contributed by atoms with Crippen molar-refractivity contribution in [2.45, 2.75) is 218 Å². The van der Waals surface area contributed by atoms with Gasteiger partial charge in [0, 0.05) is 108 Å². The van der Waals surface area contributed by atoms with E-state index in [1.807, 2.05) is 211 Å². The maximum Gasteiger partial charge on any atom is 0.350 e. The standard InChI is InChI=1S/C35H43NO4S.C31H35NO4S.C26H32O4S.C13H23NOSi/c1-23-18-27(19-24(2)32(23)39-35(6,7)33(38)40-34(3,4)5)29-21-36(20-25-12-10-9-11-13-25)22-30(29)31(37)26-14-16-28(41-8)17-15-26;1-20-15-24(16-21(2)29(20)36-31(3,4)30(34)35)26-18-32(17-22-9-7-6-8-10-22)19-27(26)28(33)23-11-13-25(37-5)14-12-23;1-17-15-19(9-14-22(27)20-10-12-21(31-8)13-11-20)16-18(2)23(17)29-26(6,7)24(28)30-25(3,4)5;1-15-11-14(12-16(2,3)4)10-13-8-6-5-7-9-13/h9-19,29-30H,20-22H2,1-8H3;6-16,26-27H,17-19H2,1-5H3,(H,34,35);9-16H,1-8H3;5-9H,10-12H2,1-4H3/b;;14-9+;/t29-,30+;26-,27+;;/m11../s1. The van der Waals surface area contributed by atoms with Gasteiger partial charge in [-0.3, -0.25) is 29.1 Å². The van der Waals surface area contributed by atoms with E-state index in [0.29, 0.717) is 35.9 Å². The Bertz CT molecular complexity index is 5070. The highest BCUT2D eigenvalue weighted by Crippen LogP contribution is 2.43. The number of ketones is 3. The first-order valence-electron chi connectivity index (χ1n) is 42.8. The molecule has 2 fully saturated rings. The Morgan fingerprint density at radius 1 is 0.440 bits per heavy atom. The minimum Gasteiger partial charge on any atom is -0.478 e. The normalized spacial score (nSPS) is 15.8. The smallest absolute Gasteiger partial charge is 0.350 e. The average Bonchev–Trinajstić information content (AvgIpc) is 1.68. The Hall–Kier alpha value is -9.35. The monoisotopic (exact) mass is 1770 g/mol. The van der Waals surface area contributed by atoms with Crippen LogP contribution < -0.4 is 14.2 Å². The lowest BCUT2D eigenvalue weighted by Crippen LogP contribution is -2.43. The summed E-state index contributed by atoms with van der Waals surface area (Å²) in [4.78, 5) is 87.8. The second-order valence-electron chi connectivity index (χ2n) is 37.4. The number of aliphatic carboxylic acids is 1. The van der Waals surface area contributed by atoms with Crippen LogP contribution in [0.15, 0.2) is 221 Å². The Balaban J connectivity index is 0.000000215. The molecule has 2 heterocycles. The third-order valence-electron chi connectivity index (χ3n) is 21.4. The van der Waals surface area contributed by atoms with Gasteiger partial charge in [-0.1, -0.05) is 165 Å². The summed E-state index contributed by atoms with van der Waals surface area (Å²) in [5, 5.41) is 9.53. The van der Waals surface area contributed by atoms with Gasteiger partial charge in [0.25, 0.3) is 0 Å². The SMILES string of the molecule is COCN(Cc1ccccc1)C[Si](C)(C)C.CSc1ccc(C(=O)/C=C/c2cc(C)c(OC(C)(C)C(=O)OC(C)(C)C)c(C)c2)cc1.CSc1ccc(C(=O)[C@H]2CN(Cc3ccccc3)C[C@@H]2c2cc(C)c(OC(C)(C)C(=O)O)c(C)c2)cc1.CSc1ccc(C(=O)[C@H]2CN(Cc3ccccc3)C[C@@H]2c2cc(C)c(OC(C)(C)C(=O)OC(C)(C)C)c(C)c2)cc1. The molecule has 668 valence electrons. The molecule has 2 saturated heterocycles. The number of hydrogen-bond donors (Lipinski definition) is 1. The Morgan fingerprint density at radius 3 is 1.07 bits per heavy atom. The minimum absolute atomic E-state index is 0.0235. The van der Waals surface area contributed by atoms with Gasteiger partial charge in [-0.25, -0.2) is 14.4 Å². The van der Waals surface area contributed by atoms with Crippen molar-refractivity contribution >= 4 is 84.7 Å². The van der Waals surface area contributed by atoms with E-state index in [1.54, 1.807) is 96.1 Å². The van der Waals surface area contributed by atoms with E-state index in [1.165, 1.54) is 22.9 Å². The highest BCUT2D eigenvalue weighted by Gasteiger charge is 2.43. The second-order valence-corrected chi connectivity index (χ2v) is 45.5. The molecule has 0 aromatic heterocycles. The zero-order chi connectivity index (χ0) is 92.1. The molecule has 16 nitrogen and oxygen atoms in total. The number of benzene rings is 9. The molecule has 20 heteroatoms. The summed E-state index contributed by atoms with van der Waals surface area (Å²) in [5.74, 6) is 0.0990. The fraction of sp³-hybridized carbons (Fsp3) is 0.410. The van der Waals surface area contributed by atoms with Crippen molar-refractivity contribution < 1.29 is 62.3 Å². The van der Waals surface area contributed by atoms with Crippen molar-refractivity contribution in [1.29, 1.82) is 0 Å². The van der Waals surface area contributed by atoms with Crippen LogP contribution in [0.5, 0.6) is 17.2 Å². The molecule has 2 aliphatic rings. The number of methoxy groups -OCH3 is 1. The van der Waals surface area contributed by atoms with Gasteiger partial charge in [0.05, 0.1) is 14.8 Å². The molecule has 0 saturated carbocycles. The van der Waals surface area contributed by atoms with Gasteiger partial charge in [-0.05, 0) is 283 Å². The van der Waals surface area contributed by atoms with E-state index in [4.69, 9.17) is 28.4 Å². The molecular weight excluding hydrogens is 1640 g/mol. The summed E-state index contributed by atoms with van der Waals surface area (Å²) in [6, 6.07) is 67.0. The molecule has 125 heavy (non-hydrogen) atoms. The minimum atomic E-state index is -1.34. The molecule has 4 atom stereocenters. The van der Waals surface area contributed by atoms with Crippen LogP contribution in [0, 0.1) is 53.4 Å². The molecule has 11 rings (SSSR count). The third kappa shape index (κ3) is 30.4. The number of esters is 2. The number of rotatable bonds is 31. The van der Waals surface area contributed by atoms with Gasteiger partial charge < -0.3 is 33.5 Å². The number of hydrogen-bond acceptors (Lipinski definition) is 18. The van der Waals surface area contributed by atoms with E-state index in [9.17, 15) is 33.9 Å². The van der Waals surface area contributed by atoms with Gasteiger partial charge in [0.15, 0.2) is 34.2 Å². The van der Waals surface area contributed by atoms with Crippen molar-refractivity contribution in [1.82, 2.24) is 14.7 Å². The molecule has 9 aromatic carbocycles. The number of carbonyl (C=O) groups excluding carboxylic acids is 5. The van der Waals surface area contributed by atoms with Crippen LogP contribution in [-0.4, -0.2) is 156 Å². The van der Waals surface area contributed by atoms with Crippen LogP contribution >= 0.6 is 35.3 Å². The van der Waals surface area contributed by atoms with Crippen molar-refractivity contribution in [2.75, 3.05) is 65.0 Å². The molecular formula is C105H133N3O13S3Si. The number of nitrogens with zero attached hydrogens (tertiary/aromatic N) is 3. The molecule has 0 spiro atoms. The van der Waals surface area contributed by atoms with Crippen LogP contribution in [0.25, 0.3) is 6.08 Å². The highest BCUT2D eigenvalue weighted by molar-refractivity contribution is 7.99. The highest BCUT2D eigenvalue weighted by atomic mass is 32.2. The van der Waals surface area contributed by atoms with Crippen molar-refractivity contribution in [3.05, 3.63) is 290 Å². The van der Waals surface area contributed by atoms with E-state index < -0.39 is 54.0 Å². The van der Waals surface area contributed by atoms with E-state index in [0.717, 1.165) is 115 Å². The molecule has 0 aliphatic carbocycles. The summed E-state index contributed by atoms with van der Waals surface area (Å²) in [7, 11) is 0.701. The number of carboxylic acids is 1. The molecule has 9 aromatic rings. The molecule has 0 amide bonds. The largest absolute Gasteiger partial charge is 0.478 e. The summed E-state index contributed by atoms with van der Waals surface area (Å²) < 4.78 is 34.7. The maximum absolute atomic E-state index is 13.9. The Morgan fingerprint density at radius 2 is 0.760 bits per heavy atom. The molecule has 2 aliphatic heterocycles. The summed E-state index contributed by atoms with van der Waals surface area (Å²) in [6.45, 7) is 46.2. The van der Waals surface area contributed by atoms with Gasteiger partial charge in [-0.2, -0.15) is 0 Å². The maximum atomic E-state index is 13.9. The topological polar surface area (TPSA) is 188 Å². The van der Waals surface area contributed by atoms with Crippen molar-refractivity contribution in [2.24, 2.45) is 11.8 Å². The number of carbonyl (C=O) groups is 6. The number of likely N-dealkylation sites (tertiary alicyclic amines) is 2. The predicted molar refractivity (Wildman–Crippen MR) is 516 cm³/mol. The number of Topliss-reactive ketones (excluding diaryl/α,β-unsaturated/α-hetero) is 2. The first-order chi connectivity index (χ1) is 58.7. The van der Waals surface area contributed by atoms with Crippen molar-refractivity contribution in [3.8, 4) is 17.2 Å². The van der Waals surface area contributed by atoms with Crippen LogP contribution in [0.2, 0.25) is 19.6 Å². The zero-order valence-corrected chi connectivity index (χ0v) is 81.7. The van der Waals surface area contributed by atoms with Crippen molar-refractivity contribution in [3.63, 3.8) is 0 Å². The Labute approximate surface area is 758 Å². The first kappa shape index (κ1) is 101. The van der Waals surface area contributed by atoms with E-state index >= 15 is 0 Å². The first-order valence-corrected chi connectivity index (χ1v) is 50.2. The number of carboxylic acid groups (broad SMARTS) is 1. The van der Waals surface area contributed by atoms with E-state index in [2.05, 4.69) is 125 Å². The molecule has 1 N–H and O–H groups in total. The quantitative estimate of drug-likeness (QED) is 0.0108. The lowest BCUT2D eigenvalue weighted by atomic mass is 9.82. The lowest BCUT2D eigenvalue weighted by Gasteiger charge is -2.30. The zero-order valence-electron chi connectivity index (χ0n) is 78.3. The van der Waals surface area contributed by atoms with Gasteiger partial charge in [0.1, 0.15) is 28.5 Å². The fourth-order valence-corrected chi connectivity index (χ4v) is 18.1. The van der Waals surface area contributed by atoms with Gasteiger partial charge >= 0.3 is 17.9 Å². The lowest BCUT2D eigenvalue weighted by molar-refractivity contribution is -0.171. The summed E-state index contributed by atoms with van der Waals surface area (Å²) in [6.07, 6.45) is 10.6. The number of aryl methyl sites for hydroxylation is 6. The fourth-order valence-electron chi connectivity index (χ4n) is 15.4. The van der Waals surface area contributed by atoms with Crippen LogP contribution in [0.4, 0.5) is 0 Å². The molecule has 0 bridgehead atoms. The molecule has 0 radical (unpaired) electrons. The summed E-state index contributed by atoms with van der Waals surface area (Å²) in [5.41, 5.74) is 9.69. The number of ether oxygens (including phenoxy) is 6. The average molecular weight is 1770 g/mol. The van der Waals surface area contributed by atoms with Crippen LogP contribution in [-0.2, 0) is 48.2 Å². The number of thioether (sulfide) groups is 3. The number of allylic oxidation sites excluding steroid dienone is 1. The summed E-state index contributed by atoms with van der Waals surface area (Å²) >= 11 is 4.98. The van der Waals surface area contributed by atoms with Crippen LogP contribution in [0.3, 0.4) is 0 Å². The molecule has 0 unspecified atom stereocenters. The van der Waals surface area contributed by atoms with Crippen LogP contribution in [0.1, 0.15) is 193 Å². The van der Waals surface area contributed by atoms with E-state index in [-0.39, 0.29) is 41.0 Å². The Kier molecular flexibility index (Phi) is 36.3. The van der Waals surface area contributed by atoms with Gasteiger partial charge in [0.2, 0.25) is 0 Å². The third-order valence-corrected chi connectivity index (χ3v) is 25.1. The predicted octanol–water partition coefficient (Wildman–Crippen LogP) is 23.4. The second kappa shape index (κ2) is 44.9. The van der Waals surface area contributed by atoms with Gasteiger partial charge in [-0.15, -0.1) is 35.3 Å².